The van der Waals surface area contributed by atoms with Gasteiger partial charge in [0, 0.05) is 33.3 Å². The highest BCUT2D eigenvalue weighted by Crippen LogP contribution is 2.30. The Kier molecular flexibility index (Phi) is 7.43. The average molecular weight is 367 g/mol. The number of likely N-dealkylation sites (tertiary alicyclic amines) is 1. The fraction of sp³-hybridized carbons (Fsp3) is 0.435. The van der Waals surface area contributed by atoms with Gasteiger partial charge in [0.1, 0.15) is 0 Å². The molecule has 2 aromatic carbocycles. The van der Waals surface area contributed by atoms with E-state index < -0.39 is 0 Å². The number of piperidine rings is 1. The number of carbonyl (C=O) groups excluding carboxylic acids is 1. The Morgan fingerprint density at radius 3 is 2.48 bits per heavy atom. The van der Waals surface area contributed by atoms with Gasteiger partial charge in [0.2, 0.25) is 5.91 Å². The van der Waals surface area contributed by atoms with Gasteiger partial charge < -0.3 is 10.1 Å². The summed E-state index contributed by atoms with van der Waals surface area (Å²) in [6.07, 6.45) is 1.78. The summed E-state index contributed by atoms with van der Waals surface area (Å²) in [4.78, 5) is 15.2. The van der Waals surface area contributed by atoms with Crippen LogP contribution in [-0.4, -0.2) is 50.7 Å². The zero-order valence-electron chi connectivity index (χ0n) is 16.1. The van der Waals surface area contributed by atoms with E-state index in [1.54, 1.807) is 7.11 Å². The third-order valence-corrected chi connectivity index (χ3v) is 5.34. The van der Waals surface area contributed by atoms with E-state index in [4.69, 9.17) is 4.74 Å². The molecular weight excluding hydrogens is 336 g/mol. The van der Waals surface area contributed by atoms with E-state index in [0.717, 1.165) is 32.5 Å². The van der Waals surface area contributed by atoms with Crippen LogP contribution in [0.1, 0.15) is 23.5 Å². The second-order valence-electron chi connectivity index (χ2n) is 7.32. The lowest BCUT2D eigenvalue weighted by molar-refractivity contribution is -0.127. The molecular formula is C23H30N2O2. The summed E-state index contributed by atoms with van der Waals surface area (Å²) in [5, 5.41) is 3.15. The molecule has 1 aliphatic rings. The van der Waals surface area contributed by atoms with E-state index in [1.807, 2.05) is 24.3 Å². The molecule has 1 saturated heterocycles. The Labute approximate surface area is 162 Å². The van der Waals surface area contributed by atoms with Crippen molar-refractivity contribution in [2.24, 2.45) is 5.92 Å². The first-order valence-electron chi connectivity index (χ1n) is 9.84. The molecule has 27 heavy (non-hydrogen) atoms. The number of carbonyl (C=O) groups is 1. The van der Waals surface area contributed by atoms with Crippen molar-refractivity contribution in [2.45, 2.75) is 18.8 Å². The molecule has 1 aliphatic heterocycles. The van der Waals surface area contributed by atoms with E-state index in [-0.39, 0.29) is 11.8 Å². The largest absolute Gasteiger partial charge is 0.383 e. The zero-order chi connectivity index (χ0) is 18.9. The number of methoxy groups -OCH3 is 1. The minimum atomic E-state index is 0.0246. The van der Waals surface area contributed by atoms with Crippen LogP contribution < -0.4 is 5.32 Å². The lowest BCUT2D eigenvalue weighted by Gasteiger charge is -2.37. The fourth-order valence-corrected chi connectivity index (χ4v) is 3.87. The lowest BCUT2D eigenvalue weighted by atomic mass is 9.84. The lowest BCUT2D eigenvalue weighted by Crippen LogP contribution is -2.47. The van der Waals surface area contributed by atoms with Gasteiger partial charge >= 0.3 is 0 Å². The molecule has 0 radical (unpaired) electrons. The summed E-state index contributed by atoms with van der Waals surface area (Å²) in [6.45, 7) is 4.05. The van der Waals surface area contributed by atoms with Gasteiger partial charge in [0.25, 0.3) is 0 Å². The van der Waals surface area contributed by atoms with Crippen LogP contribution in [0.15, 0.2) is 60.7 Å². The van der Waals surface area contributed by atoms with Crippen LogP contribution in [0.4, 0.5) is 0 Å². The van der Waals surface area contributed by atoms with Gasteiger partial charge in [-0.05, 0) is 29.9 Å². The maximum atomic E-state index is 12.8. The normalized spacial score (nSPS) is 20.3. The van der Waals surface area contributed by atoms with Gasteiger partial charge in [-0.2, -0.15) is 0 Å². The second-order valence-corrected chi connectivity index (χ2v) is 7.32. The third kappa shape index (κ3) is 5.91. The zero-order valence-corrected chi connectivity index (χ0v) is 16.1. The highest BCUT2D eigenvalue weighted by molar-refractivity contribution is 5.79. The summed E-state index contributed by atoms with van der Waals surface area (Å²) < 4.78 is 5.25. The standard InChI is InChI=1S/C23H30N2O2/c1-27-15-14-25-17-21(20-10-6-3-7-11-20)16-22(18-25)23(26)24-13-12-19-8-4-2-5-9-19/h2-11,21-22H,12-18H2,1H3,(H,24,26). The van der Waals surface area contributed by atoms with Crippen LogP contribution in [0.25, 0.3) is 0 Å². The maximum Gasteiger partial charge on any atom is 0.224 e. The number of nitrogens with zero attached hydrogens (tertiary/aromatic N) is 1. The molecule has 4 nitrogen and oxygen atoms in total. The molecule has 1 amide bonds. The summed E-state index contributed by atoms with van der Waals surface area (Å²) in [6, 6.07) is 20.9. The Balaban J connectivity index is 1.58. The van der Waals surface area contributed by atoms with E-state index in [2.05, 4.69) is 46.6 Å². The number of amides is 1. The second kappa shape index (κ2) is 10.2. The molecule has 1 N–H and O–H groups in total. The molecule has 144 valence electrons. The highest BCUT2D eigenvalue weighted by atomic mass is 16.5. The number of nitrogens with one attached hydrogen (secondary N) is 1. The Bertz CT molecular complexity index is 690. The molecule has 2 aromatic rings. The molecule has 0 aromatic heterocycles. The van der Waals surface area contributed by atoms with Gasteiger partial charge in [-0.25, -0.2) is 0 Å². The smallest absolute Gasteiger partial charge is 0.224 e. The van der Waals surface area contributed by atoms with E-state index in [0.29, 0.717) is 19.1 Å². The number of ether oxygens (including phenoxy) is 1. The minimum Gasteiger partial charge on any atom is -0.383 e. The summed E-state index contributed by atoms with van der Waals surface area (Å²) >= 11 is 0. The molecule has 0 saturated carbocycles. The Morgan fingerprint density at radius 1 is 1.07 bits per heavy atom. The maximum absolute atomic E-state index is 12.8. The SMILES string of the molecule is COCCN1CC(C(=O)NCCc2ccccc2)CC(c2ccccc2)C1. The van der Waals surface area contributed by atoms with E-state index in [1.165, 1.54) is 11.1 Å². The number of rotatable bonds is 8. The van der Waals surface area contributed by atoms with Crippen molar-refractivity contribution in [3.8, 4) is 0 Å². The summed E-state index contributed by atoms with van der Waals surface area (Å²) in [5.41, 5.74) is 2.58. The first-order chi connectivity index (χ1) is 13.3. The topological polar surface area (TPSA) is 41.6 Å². The van der Waals surface area contributed by atoms with Gasteiger partial charge in [0.15, 0.2) is 0 Å². The molecule has 0 aliphatic carbocycles. The van der Waals surface area contributed by atoms with Crippen molar-refractivity contribution < 1.29 is 9.53 Å². The molecule has 4 heteroatoms. The molecule has 2 atom stereocenters. The minimum absolute atomic E-state index is 0.0246. The molecule has 3 rings (SSSR count). The van der Waals surface area contributed by atoms with E-state index >= 15 is 0 Å². The van der Waals surface area contributed by atoms with Crippen molar-refractivity contribution in [2.75, 3.05) is 39.9 Å². The van der Waals surface area contributed by atoms with Gasteiger partial charge in [-0.15, -0.1) is 0 Å². The van der Waals surface area contributed by atoms with Crippen molar-refractivity contribution in [1.29, 1.82) is 0 Å². The first kappa shape index (κ1) is 19.6. The van der Waals surface area contributed by atoms with Gasteiger partial charge in [0.05, 0.1) is 12.5 Å². The molecule has 1 fully saturated rings. The number of hydrogen-bond acceptors (Lipinski definition) is 3. The van der Waals surface area contributed by atoms with E-state index in [9.17, 15) is 4.79 Å². The van der Waals surface area contributed by atoms with Crippen molar-refractivity contribution in [3.63, 3.8) is 0 Å². The number of hydrogen-bond donors (Lipinski definition) is 1. The van der Waals surface area contributed by atoms with Crippen LogP contribution in [0.5, 0.6) is 0 Å². The predicted molar refractivity (Wildman–Crippen MR) is 109 cm³/mol. The molecule has 0 spiro atoms. The Hall–Kier alpha value is -2.17. The molecule has 1 heterocycles. The van der Waals surface area contributed by atoms with Crippen LogP contribution in [0, 0.1) is 5.92 Å². The van der Waals surface area contributed by atoms with Crippen molar-refractivity contribution >= 4 is 5.91 Å². The quantitative estimate of drug-likeness (QED) is 0.781. The van der Waals surface area contributed by atoms with Crippen molar-refractivity contribution in [1.82, 2.24) is 10.2 Å². The van der Waals surface area contributed by atoms with Crippen LogP contribution in [0.3, 0.4) is 0 Å². The third-order valence-electron chi connectivity index (χ3n) is 5.34. The molecule has 2 unspecified atom stereocenters. The Morgan fingerprint density at radius 2 is 1.78 bits per heavy atom. The van der Waals surface area contributed by atoms with Gasteiger partial charge in [-0.1, -0.05) is 60.7 Å². The number of benzene rings is 2. The molecule has 0 bridgehead atoms. The monoisotopic (exact) mass is 366 g/mol. The van der Waals surface area contributed by atoms with Crippen LogP contribution in [-0.2, 0) is 16.0 Å². The van der Waals surface area contributed by atoms with Crippen LogP contribution >= 0.6 is 0 Å². The highest BCUT2D eigenvalue weighted by Gasteiger charge is 2.32. The first-order valence-corrected chi connectivity index (χ1v) is 9.84. The fourth-order valence-electron chi connectivity index (χ4n) is 3.87. The summed E-state index contributed by atoms with van der Waals surface area (Å²) in [5.74, 6) is 0.590. The summed E-state index contributed by atoms with van der Waals surface area (Å²) in [7, 11) is 1.73. The predicted octanol–water partition coefficient (Wildman–Crippen LogP) is 3.10. The van der Waals surface area contributed by atoms with Crippen LogP contribution in [0.2, 0.25) is 0 Å². The average Bonchev–Trinajstić information content (AvgIpc) is 2.73. The van der Waals surface area contributed by atoms with Crippen molar-refractivity contribution in [3.05, 3.63) is 71.8 Å². The van der Waals surface area contributed by atoms with Gasteiger partial charge in [-0.3, -0.25) is 9.69 Å².